The van der Waals surface area contributed by atoms with E-state index in [-0.39, 0.29) is 11.3 Å². The minimum absolute atomic E-state index is 0.0827. The summed E-state index contributed by atoms with van der Waals surface area (Å²) < 4.78 is 5.35. The Morgan fingerprint density at radius 2 is 1.92 bits per heavy atom. The number of carbonyl (C=O) groups excluding carboxylic acids is 1. The molecular weight excluding hydrogens is 324 g/mol. The lowest BCUT2D eigenvalue weighted by Crippen LogP contribution is -2.36. The Labute approximate surface area is 154 Å². The molecule has 0 aliphatic carbocycles. The molecule has 3 rings (SSSR count). The highest BCUT2D eigenvalue weighted by Gasteiger charge is 2.25. The van der Waals surface area contributed by atoms with Crippen molar-refractivity contribution >= 4 is 16.8 Å². The zero-order valence-electron chi connectivity index (χ0n) is 15.6. The van der Waals surface area contributed by atoms with E-state index in [2.05, 4.69) is 36.3 Å². The van der Waals surface area contributed by atoms with Crippen molar-refractivity contribution in [2.75, 3.05) is 13.7 Å². The van der Waals surface area contributed by atoms with Crippen molar-refractivity contribution in [1.29, 1.82) is 0 Å². The molecule has 0 atom stereocenters. The maximum absolute atomic E-state index is 12.3. The standard InChI is InChI=1S/C22H26N2O2/c1-22(2,15-24-21(25)12-9-16-7-5-4-6-8-16)19-14-23-20-11-10-17(26-3)13-18(19)20/h4-8,10-11,13-14,23H,9,12,15H2,1-3H3,(H,24,25). The van der Waals surface area contributed by atoms with Gasteiger partial charge in [0.2, 0.25) is 5.91 Å². The molecule has 0 bridgehead atoms. The number of carbonyl (C=O) groups is 1. The van der Waals surface area contributed by atoms with Crippen LogP contribution in [0.25, 0.3) is 10.9 Å². The maximum atomic E-state index is 12.3. The number of hydrogen-bond donors (Lipinski definition) is 2. The molecule has 3 aromatic rings. The van der Waals surface area contributed by atoms with Crippen LogP contribution in [0.15, 0.2) is 54.7 Å². The zero-order chi connectivity index (χ0) is 18.6. The summed E-state index contributed by atoms with van der Waals surface area (Å²) >= 11 is 0. The number of ether oxygens (including phenoxy) is 1. The van der Waals surface area contributed by atoms with Gasteiger partial charge in [0.15, 0.2) is 0 Å². The van der Waals surface area contributed by atoms with Crippen LogP contribution in [0, 0.1) is 0 Å². The third-order valence-corrected chi connectivity index (χ3v) is 4.83. The van der Waals surface area contributed by atoms with Crippen LogP contribution in [0.5, 0.6) is 5.75 Å². The maximum Gasteiger partial charge on any atom is 0.220 e. The average molecular weight is 350 g/mol. The average Bonchev–Trinajstić information content (AvgIpc) is 3.09. The molecule has 1 amide bonds. The van der Waals surface area contributed by atoms with Gasteiger partial charge in [0, 0.05) is 35.5 Å². The van der Waals surface area contributed by atoms with Crippen LogP contribution in [0.1, 0.15) is 31.4 Å². The lowest BCUT2D eigenvalue weighted by Gasteiger charge is -2.25. The van der Waals surface area contributed by atoms with Crippen LogP contribution < -0.4 is 10.1 Å². The van der Waals surface area contributed by atoms with Crippen LogP contribution in [0.4, 0.5) is 0 Å². The summed E-state index contributed by atoms with van der Waals surface area (Å²) in [6.07, 6.45) is 3.29. The second-order valence-electron chi connectivity index (χ2n) is 7.26. The SMILES string of the molecule is COc1ccc2[nH]cc(C(C)(C)CNC(=O)CCc3ccccc3)c2c1. The monoisotopic (exact) mass is 350 g/mol. The van der Waals surface area contributed by atoms with E-state index >= 15 is 0 Å². The lowest BCUT2D eigenvalue weighted by atomic mass is 9.84. The molecular formula is C22H26N2O2. The van der Waals surface area contributed by atoms with Gasteiger partial charge < -0.3 is 15.0 Å². The molecule has 4 nitrogen and oxygen atoms in total. The molecule has 0 spiro atoms. The third kappa shape index (κ3) is 4.07. The first kappa shape index (κ1) is 18.1. The first-order chi connectivity index (χ1) is 12.5. The summed E-state index contributed by atoms with van der Waals surface area (Å²) in [5.41, 5.74) is 3.25. The quantitative estimate of drug-likeness (QED) is 0.671. The number of aromatic amines is 1. The Balaban J connectivity index is 1.64. The van der Waals surface area contributed by atoms with E-state index in [4.69, 9.17) is 4.74 Å². The topological polar surface area (TPSA) is 54.1 Å². The molecule has 1 aromatic heterocycles. The molecule has 0 unspecified atom stereocenters. The number of aromatic nitrogens is 1. The normalized spacial score (nSPS) is 11.5. The zero-order valence-corrected chi connectivity index (χ0v) is 15.6. The fraction of sp³-hybridized carbons (Fsp3) is 0.318. The van der Waals surface area contributed by atoms with Crippen LogP contribution in [-0.2, 0) is 16.6 Å². The predicted molar refractivity (Wildman–Crippen MR) is 106 cm³/mol. The number of H-pyrrole nitrogens is 1. The Bertz CT molecular complexity index is 882. The first-order valence-electron chi connectivity index (χ1n) is 8.96. The van der Waals surface area contributed by atoms with E-state index in [9.17, 15) is 4.79 Å². The number of nitrogens with one attached hydrogen (secondary N) is 2. The number of benzene rings is 2. The molecule has 0 aliphatic heterocycles. The van der Waals surface area contributed by atoms with E-state index in [0.29, 0.717) is 13.0 Å². The fourth-order valence-corrected chi connectivity index (χ4v) is 3.19. The molecule has 4 heteroatoms. The van der Waals surface area contributed by atoms with E-state index in [1.54, 1.807) is 7.11 Å². The summed E-state index contributed by atoms with van der Waals surface area (Å²) in [5, 5.41) is 4.22. The van der Waals surface area contributed by atoms with Gasteiger partial charge in [-0.05, 0) is 35.7 Å². The van der Waals surface area contributed by atoms with Crippen molar-refractivity contribution in [2.45, 2.75) is 32.1 Å². The highest BCUT2D eigenvalue weighted by atomic mass is 16.5. The minimum Gasteiger partial charge on any atom is -0.497 e. The summed E-state index contributed by atoms with van der Waals surface area (Å²) in [7, 11) is 1.67. The molecule has 0 saturated heterocycles. The molecule has 0 saturated carbocycles. The number of amides is 1. The summed E-state index contributed by atoms with van der Waals surface area (Å²) in [6.45, 7) is 4.88. The Hall–Kier alpha value is -2.75. The largest absolute Gasteiger partial charge is 0.497 e. The summed E-state index contributed by atoms with van der Waals surface area (Å²) in [5.74, 6) is 0.917. The number of methoxy groups -OCH3 is 1. The van der Waals surface area contributed by atoms with E-state index in [1.807, 2.05) is 42.6 Å². The van der Waals surface area contributed by atoms with Crippen LogP contribution in [-0.4, -0.2) is 24.5 Å². The molecule has 2 aromatic carbocycles. The highest BCUT2D eigenvalue weighted by molar-refractivity contribution is 5.86. The van der Waals surface area contributed by atoms with Gasteiger partial charge in [-0.25, -0.2) is 0 Å². The van der Waals surface area contributed by atoms with Gasteiger partial charge in [-0.15, -0.1) is 0 Å². The molecule has 0 aliphatic rings. The van der Waals surface area contributed by atoms with Crippen LogP contribution in [0.3, 0.4) is 0 Å². The Kier molecular flexibility index (Phi) is 5.31. The lowest BCUT2D eigenvalue weighted by molar-refractivity contribution is -0.121. The summed E-state index contributed by atoms with van der Waals surface area (Å²) in [4.78, 5) is 15.6. The number of rotatable bonds is 7. The number of fused-ring (bicyclic) bond motifs is 1. The van der Waals surface area contributed by atoms with Crippen molar-refractivity contribution in [3.8, 4) is 5.75 Å². The molecule has 26 heavy (non-hydrogen) atoms. The van der Waals surface area contributed by atoms with Crippen molar-refractivity contribution < 1.29 is 9.53 Å². The van der Waals surface area contributed by atoms with Crippen molar-refractivity contribution in [1.82, 2.24) is 10.3 Å². The molecule has 136 valence electrons. The molecule has 2 N–H and O–H groups in total. The van der Waals surface area contributed by atoms with Gasteiger partial charge in [0.1, 0.15) is 5.75 Å². The van der Waals surface area contributed by atoms with E-state index < -0.39 is 0 Å². The van der Waals surface area contributed by atoms with Crippen LogP contribution in [0.2, 0.25) is 0 Å². The second kappa shape index (κ2) is 7.65. The van der Waals surface area contributed by atoms with Gasteiger partial charge in [0.05, 0.1) is 7.11 Å². The third-order valence-electron chi connectivity index (χ3n) is 4.83. The fourth-order valence-electron chi connectivity index (χ4n) is 3.19. The smallest absolute Gasteiger partial charge is 0.220 e. The molecule has 0 fully saturated rings. The first-order valence-corrected chi connectivity index (χ1v) is 8.96. The van der Waals surface area contributed by atoms with E-state index in [1.165, 1.54) is 11.1 Å². The van der Waals surface area contributed by atoms with Gasteiger partial charge >= 0.3 is 0 Å². The highest BCUT2D eigenvalue weighted by Crippen LogP contribution is 2.32. The second-order valence-corrected chi connectivity index (χ2v) is 7.26. The van der Waals surface area contributed by atoms with Crippen molar-refractivity contribution in [3.05, 3.63) is 65.9 Å². The molecule has 0 radical (unpaired) electrons. The van der Waals surface area contributed by atoms with Gasteiger partial charge in [-0.1, -0.05) is 44.2 Å². The van der Waals surface area contributed by atoms with E-state index in [0.717, 1.165) is 23.1 Å². The Morgan fingerprint density at radius 3 is 2.65 bits per heavy atom. The van der Waals surface area contributed by atoms with Gasteiger partial charge in [0.25, 0.3) is 0 Å². The molecule has 1 heterocycles. The van der Waals surface area contributed by atoms with Gasteiger partial charge in [-0.3, -0.25) is 4.79 Å². The van der Waals surface area contributed by atoms with Crippen molar-refractivity contribution in [2.24, 2.45) is 0 Å². The number of aryl methyl sites for hydroxylation is 1. The predicted octanol–water partition coefficient (Wildman–Crippen LogP) is 4.20. The Morgan fingerprint density at radius 1 is 1.15 bits per heavy atom. The van der Waals surface area contributed by atoms with Gasteiger partial charge in [-0.2, -0.15) is 0 Å². The minimum atomic E-state index is -0.187. The van der Waals surface area contributed by atoms with Crippen molar-refractivity contribution in [3.63, 3.8) is 0 Å². The van der Waals surface area contributed by atoms with Crippen LogP contribution >= 0.6 is 0 Å². The summed E-state index contributed by atoms with van der Waals surface area (Å²) in [6, 6.07) is 16.1. The number of hydrogen-bond acceptors (Lipinski definition) is 2.